The van der Waals surface area contributed by atoms with Crippen molar-refractivity contribution >= 4 is 28.2 Å². The molecule has 0 aromatic rings. The average Bonchev–Trinajstić information content (AvgIpc) is 3.09. The summed E-state index contributed by atoms with van der Waals surface area (Å²) in [6, 6.07) is -1.91. The van der Waals surface area contributed by atoms with Crippen LogP contribution < -0.4 is 10.6 Å². The zero-order valence-electron chi connectivity index (χ0n) is 13.5. The molecular formula is C13H21N5O6S. The van der Waals surface area contributed by atoms with Gasteiger partial charge in [0.15, 0.2) is 0 Å². The lowest BCUT2D eigenvalue weighted by atomic mass is 9.99. The zero-order chi connectivity index (χ0) is 18.2. The number of nitrogens with one attached hydrogen (secondary N) is 3. The quantitative estimate of drug-likeness (QED) is 0.275. The third kappa shape index (κ3) is 4.08. The average molecular weight is 375 g/mol. The second-order valence-corrected chi connectivity index (χ2v) is 7.54. The monoisotopic (exact) mass is 375 g/mol. The summed E-state index contributed by atoms with van der Waals surface area (Å²) in [6.07, 6.45) is 2.02. The second kappa shape index (κ2) is 6.86. The summed E-state index contributed by atoms with van der Waals surface area (Å²) in [6.45, 7) is 1.83. The molecule has 140 valence electrons. The van der Waals surface area contributed by atoms with Crippen LogP contribution in [0.4, 0.5) is 4.79 Å². The third-order valence-electron chi connectivity index (χ3n) is 4.74. The van der Waals surface area contributed by atoms with E-state index in [1.54, 1.807) is 0 Å². The van der Waals surface area contributed by atoms with Crippen molar-refractivity contribution in [2.45, 2.75) is 37.8 Å². The largest absolute Gasteiger partial charge is 0.418 e. The van der Waals surface area contributed by atoms with Crippen molar-refractivity contribution in [2.75, 3.05) is 19.6 Å². The summed E-state index contributed by atoms with van der Waals surface area (Å²) in [7, 11) is -4.80. The van der Waals surface area contributed by atoms with Crippen LogP contribution in [0.15, 0.2) is 0 Å². The van der Waals surface area contributed by atoms with E-state index in [0.29, 0.717) is 24.3 Å². The molecule has 3 aliphatic heterocycles. The van der Waals surface area contributed by atoms with Crippen LogP contribution in [0.2, 0.25) is 0 Å². The fraction of sp³-hybridized carbons (Fsp3) is 0.769. The first kappa shape index (κ1) is 18.0. The Morgan fingerprint density at radius 3 is 2.80 bits per heavy atom. The summed E-state index contributed by atoms with van der Waals surface area (Å²) in [5, 5.41) is 14.4. The minimum atomic E-state index is -4.80. The summed E-state index contributed by atoms with van der Waals surface area (Å²) in [5.74, 6) is -0.106. The molecule has 3 saturated heterocycles. The Labute approximate surface area is 145 Å². The van der Waals surface area contributed by atoms with Crippen molar-refractivity contribution in [1.82, 2.24) is 20.6 Å². The maximum absolute atomic E-state index is 12.3. The fourth-order valence-corrected chi connectivity index (χ4v) is 3.96. The molecule has 0 radical (unpaired) electrons. The van der Waals surface area contributed by atoms with Gasteiger partial charge in [-0.05, 0) is 38.3 Å². The molecular weight excluding hydrogens is 354 g/mol. The Morgan fingerprint density at radius 2 is 2.16 bits per heavy atom. The van der Waals surface area contributed by atoms with Gasteiger partial charge < -0.3 is 15.5 Å². The molecule has 1 unspecified atom stereocenters. The van der Waals surface area contributed by atoms with Gasteiger partial charge in [-0.25, -0.2) is 4.79 Å². The maximum Gasteiger partial charge on any atom is 0.418 e. The fourth-order valence-electron chi connectivity index (χ4n) is 3.57. The van der Waals surface area contributed by atoms with Crippen LogP contribution in [-0.4, -0.2) is 72.4 Å². The lowest BCUT2D eigenvalue weighted by molar-refractivity contribution is -0.120. The van der Waals surface area contributed by atoms with Crippen molar-refractivity contribution in [3.05, 3.63) is 0 Å². The van der Waals surface area contributed by atoms with Gasteiger partial charge in [0.2, 0.25) is 5.91 Å². The molecule has 3 heterocycles. The predicted molar refractivity (Wildman–Crippen MR) is 84.8 cm³/mol. The van der Waals surface area contributed by atoms with Crippen LogP contribution in [0.25, 0.3) is 0 Å². The molecule has 0 saturated carbocycles. The smallest absolute Gasteiger partial charge is 0.316 e. The molecule has 25 heavy (non-hydrogen) atoms. The molecule has 0 aliphatic carbocycles. The van der Waals surface area contributed by atoms with Gasteiger partial charge in [-0.3, -0.25) is 14.8 Å². The standard InChI is InChI=1S/C13H21N5O6S/c14-12(16-11(19)5-8-3-4-15-6-8)10-2-1-9-7-17(10)13(20)18(9)24-25(21,22)23/h8-10,15H,1-7H2,(H2,14,16,19)(H,21,22,23)/t8?,9-,10+/m1/s1. The molecule has 3 rings (SSSR count). The molecule has 3 fully saturated rings. The zero-order valence-corrected chi connectivity index (χ0v) is 14.3. The Kier molecular flexibility index (Phi) is 4.95. The molecule has 2 bridgehead atoms. The molecule has 3 amide bonds. The number of carbonyl (C=O) groups is 2. The Hall–Kier alpha value is -1.76. The topological polar surface area (TPSA) is 152 Å². The summed E-state index contributed by atoms with van der Waals surface area (Å²) < 4.78 is 34.8. The first-order chi connectivity index (χ1) is 11.7. The molecule has 12 heteroatoms. The van der Waals surface area contributed by atoms with Gasteiger partial charge in [0.1, 0.15) is 5.84 Å². The number of nitrogens with zero attached hydrogens (tertiary/aromatic N) is 2. The summed E-state index contributed by atoms with van der Waals surface area (Å²) in [4.78, 5) is 25.6. The number of hydrogen-bond donors (Lipinski definition) is 4. The van der Waals surface area contributed by atoms with Gasteiger partial charge in [-0.1, -0.05) is 0 Å². The summed E-state index contributed by atoms with van der Waals surface area (Å²) >= 11 is 0. The van der Waals surface area contributed by atoms with Crippen molar-refractivity contribution in [1.29, 1.82) is 5.41 Å². The number of fused-ring (bicyclic) bond motifs is 2. The lowest BCUT2D eigenvalue weighted by Gasteiger charge is -2.30. The minimum absolute atomic E-state index is 0.0866. The number of hydrogen-bond acceptors (Lipinski definition) is 7. The molecule has 0 aromatic heterocycles. The number of piperidine rings is 1. The molecule has 4 N–H and O–H groups in total. The maximum atomic E-state index is 12.3. The van der Waals surface area contributed by atoms with Crippen molar-refractivity contribution in [3.63, 3.8) is 0 Å². The SMILES string of the molecule is N=C(NC(=O)CC1CCNC1)[C@@H]1CC[C@@H]2CN1C(=O)N2OS(=O)(=O)O. The highest BCUT2D eigenvalue weighted by atomic mass is 32.3. The number of amidine groups is 1. The highest BCUT2D eigenvalue weighted by Crippen LogP contribution is 2.30. The van der Waals surface area contributed by atoms with Gasteiger partial charge in [-0.2, -0.15) is 13.5 Å². The van der Waals surface area contributed by atoms with Crippen molar-refractivity contribution < 1.29 is 26.8 Å². The van der Waals surface area contributed by atoms with E-state index in [1.807, 2.05) is 0 Å². The number of rotatable bonds is 5. The van der Waals surface area contributed by atoms with Crippen LogP contribution >= 0.6 is 0 Å². The number of amides is 3. The van der Waals surface area contributed by atoms with Crippen LogP contribution in [0.1, 0.15) is 25.7 Å². The van der Waals surface area contributed by atoms with Gasteiger partial charge in [0, 0.05) is 13.0 Å². The van der Waals surface area contributed by atoms with Gasteiger partial charge in [0.25, 0.3) is 0 Å². The Balaban J connectivity index is 1.59. The second-order valence-electron chi connectivity index (χ2n) is 6.53. The Morgan fingerprint density at radius 1 is 1.40 bits per heavy atom. The van der Waals surface area contributed by atoms with E-state index in [2.05, 4.69) is 14.9 Å². The van der Waals surface area contributed by atoms with E-state index in [4.69, 9.17) is 9.96 Å². The number of hydroxylamine groups is 2. The lowest BCUT2D eigenvalue weighted by Crippen LogP contribution is -2.51. The molecule has 11 nitrogen and oxygen atoms in total. The van der Waals surface area contributed by atoms with E-state index in [-0.39, 0.29) is 24.2 Å². The van der Waals surface area contributed by atoms with E-state index in [1.165, 1.54) is 4.90 Å². The molecule has 0 spiro atoms. The van der Waals surface area contributed by atoms with Gasteiger partial charge >= 0.3 is 16.4 Å². The molecule has 3 aliphatic rings. The number of carbonyl (C=O) groups excluding carboxylic acids is 2. The first-order valence-corrected chi connectivity index (χ1v) is 9.47. The molecule has 3 atom stereocenters. The van der Waals surface area contributed by atoms with E-state index in [9.17, 15) is 18.0 Å². The van der Waals surface area contributed by atoms with Crippen LogP contribution in [0.3, 0.4) is 0 Å². The van der Waals surface area contributed by atoms with Crippen LogP contribution in [0.5, 0.6) is 0 Å². The van der Waals surface area contributed by atoms with Gasteiger partial charge in [0.05, 0.1) is 12.1 Å². The first-order valence-electron chi connectivity index (χ1n) is 8.10. The minimum Gasteiger partial charge on any atom is -0.316 e. The third-order valence-corrected chi connectivity index (χ3v) is 5.09. The van der Waals surface area contributed by atoms with Crippen molar-refractivity contribution in [3.8, 4) is 0 Å². The molecule has 0 aromatic carbocycles. The van der Waals surface area contributed by atoms with E-state index >= 15 is 0 Å². The van der Waals surface area contributed by atoms with E-state index < -0.39 is 28.5 Å². The summed E-state index contributed by atoms with van der Waals surface area (Å²) in [5.41, 5.74) is 0. The Bertz CT molecular complexity index is 676. The van der Waals surface area contributed by atoms with Gasteiger partial charge in [-0.15, -0.1) is 4.28 Å². The van der Waals surface area contributed by atoms with Crippen molar-refractivity contribution in [2.24, 2.45) is 5.92 Å². The highest BCUT2D eigenvalue weighted by Gasteiger charge is 2.48. The van der Waals surface area contributed by atoms with Crippen LogP contribution in [-0.2, 0) is 19.5 Å². The van der Waals surface area contributed by atoms with E-state index in [0.717, 1.165) is 19.5 Å². The number of urea groups is 1. The predicted octanol–water partition coefficient (Wildman–Crippen LogP) is -0.918. The normalized spacial score (nSPS) is 29.2. The van der Waals surface area contributed by atoms with Crippen LogP contribution in [0, 0.1) is 11.3 Å². The highest BCUT2D eigenvalue weighted by molar-refractivity contribution is 7.80.